The molecule has 0 aromatic heterocycles. The maximum Gasteiger partial charge on any atom is 0.248 e. The zero-order valence-corrected chi connectivity index (χ0v) is 14.8. The molecule has 0 bridgehead atoms. The maximum absolute atomic E-state index is 12.4. The molecule has 7 heteroatoms. The highest BCUT2D eigenvalue weighted by Gasteiger charge is 2.29. The van der Waals surface area contributed by atoms with Crippen LogP contribution in [-0.4, -0.2) is 42.3 Å². The summed E-state index contributed by atoms with van der Waals surface area (Å²) < 4.78 is 11.5. The SMILES string of the molecule is NC(=O)c1ccc(O[C@@H]2CCOC[C@H]2NC(=O)Cc2ccccc2O)cc1. The number of hydrogen-bond acceptors (Lipinski definition) is 5. The average Bonchev–Trinajstić information content (AvgIpc) is 2.66. The molecule has 27 heavy (non-hydrogen) atoms. The van der Waals surface area contributed by atoms with E-state index in [0.717, 1.165) is 0 Å². The van der Waals surface area contributed by atoms with Gasteiger partial charge in [0, 0.05) is 17.5 Å². The number of nitrogens with one attached hydrogen (secondary N) is 1. The van der Waals surface area contributed by atoms with E-state index >= 15 is 0 Å². The van der Waals surface area contributed by atoms with E-state index in [9.17, 15) is 14.7 Å². The molecule has 2 atom stereocenters. The molecule has 1 fully saturated rings. The number of phenolic OH excluding ortho intramolecular Hbond substituents is 1. The number of benzene rings is 2. The van der Waals surface area contributed by atoms with Crippen molar-refractivity contribution in [1.82, 2.24) is 5.32 Å². The van der Waals surface area contributed by atoms with Gasteiger partial charge in [0.25, 0.3) is 0 Å². The molecule has 2 aromatic rings. The number of carbonyl (C=O) groups excluding carboxylic acids is 2. The molecule has 0 aliphatic carbocycles. The lowest BCUT2D eigenvalue weighted by Crippen LogP contribution is -2.52. The van der Waals surface area contributed by atoms with Crippen LogP contribution in [-0.2, 0) is 16.0 Å². The van der Waals surface area contributed by atoms with Crippen molar-refractivity contribution in [2.75, 3.05) is 13.2 Å². The first kappa shape index (κ1) is 18.7. The Hall–Kier alpha value is -3.06. The van der Waals surface area contributed by atoms with Crippen LogP contribution in [0, 0.1) is 0 Å². The van der Waals surface area contributed by atoms with E-state index in [4.69, 9.17) is 15.2 Å². The standard InChI is InChI=1S/C20H22N2O5/c21-20(25)13-5-7-15(8-6-13)27-18-9-10-26-12-16(18)22-19(24)11-14-3-1-2-4-17(14)23/h1-8,16,18,23H,9-12H2,(H2,21,25)(H,22,24)/t16-,18-/m1/s1. The highest BCUT2D eigenvalue weighted by atomic mass is 16.5. The van der Waals surface area contributed by atoms with Gasteiger partial charge < -0.3 is 25.6 Å². The van der Waals surface area contributed by atoms with Crippen LogP contribution >= 0.6 is 0 Å². The molecule has 0 spiro atoms. The van der Waals surface area contributed by atoms with Crippen molar-refractivity contribution in [2.45, 2.75) is 25.0 Å². The molecule has 1 aliphatic heterocycles. The highest BCUT2D eigenvalue weighted by molar-refractivity contribution is 5.92. The molecule has 0 radical (unpaired) electrons. The summed E-state index contributed by atoms with van der Waals surface area (Å²) in [7, 11) is 0. The summed E-state index contributed by atoms with van der Waals surface area (Å²) in [5, 5.41) is 12.7. The molecule has 7 nitrogen and oxygen atoms in total. The van der Waals surface area contributed by atoms with Gasteiger partial charge in [-0.25, -0.2) is 0 Å². The van der Waals surface area contributed by atoms with Gasteiger partial charge in [-0.15, -0.1) is 0 Å². The quantitative estimate of drug-likeness (QED) is 0.712. The molecule has 1 saturated heterocycles. The summed E-state index contributed by atoms with van der Waals surface area (Å²) in [5.74, 6) is -0.0339. The van der Waals surface area contributed by atoms with Gasteiger partial charge in [0.1, 0.15) is 17.6 Å². The van der Waals surface area contributed by atoms with E-state index in [2.05, 4.69) is 5.32 Å². The Morgan fingerprint density at radius 3 is 2.63 bits per heavy atom. The number of ether oxygens (including phenoxy) is 2. The lowest BCUT2D eigenvalue weighted by molar-refractivity contribution is -0.123. The van der Waals surface area contributed by atoms with Gasteiger partial charge in [0.15, 0.2) is 0 Å². The number of rotatable bonds is 6. The van der Waals surface area contributed by atoms with Crippen LogP contribution < -0.4 is 15.8 Å². The first-order valence-corrected chi connectivity index (χ1v) is 8.73. The van der Waals surface area contributed by atoms with Gasteiger partial charge in [0.05, 0.1) is 25.7 Å². The summed E-state index contributed by atoms with van der Waals surface area (Å²) in [4.78, 5) is 23.5. The van der Waals surface area contributed by atoms with E-state index in [0.29, 0.717) is 36.5 Å². The van der Waals surface area contributed by atoms with Crippen molar-refractivity contribution in [2.24, 2.45) is 5.73 Å². The minimum Gasteiger partial charge on any atom is -0.508 e. The van der Waals surface area contributed by atoms with E-state index < -0.39 is 5.91 Å². The number of para-hydroxylation sites is 1. The molecule has 1 heterocycles. The summed E-state index contributed by atoms with van der Waals surface area (Å²) in [6.07, 6.45) is 0.439. The zero-order valence-electron chi connectivity index (χ0n) is 14.8. The van der Waals surface area contributed by atoms with Gasteiger partial charge in [0.2, 0.25) is 11.8 Å². The first-order valence-electron chi connectivity index (χ1n) is 8.73. The van der Waals surface area contributed by atoms with Crippen LogP contribution in [0.1, 0.15) is 22.3 Å². The van der Waals surface area contributed by atoms with Crippen molar-refractivity contribution >= 4 is 11.8 Å². The molecule has 0 saturated carbocycles. The number of phenols is 1. The first-order chi connectivity index (χ1) is 13.0. The van der Waals surface area contributed by atoms with Crippen molar-refractivity contribution in [3.8, 4) is 11.5 Å². The average molecular weight is 370 g/mol. The van der Waals surface area contributed by atoms with Gasteiger partial charge >= 0.3 is 0 Å². The maximum atomic E-state index is 12.4. The molecule has 2 amide bonds. The smallest absolute Gasteiger partial charge is 0.248 e. The number of carbonyl (C=O) groups is 2. The number of primary amides is 1. The normalized spacial score (nSPS) is 19.3. The topological polar surface area (TPSA) is 111 Å². The van der Waals surface area contributed by atoms with Crippen molar-refractivity contribution in [3.63, 3.8) is 0 Å². The van der Waals surface area contributed by atoms with Gasteiger partial charge in [-0.2, -0.15) is 0 Å². The second-order valence-electron chi connectivity index (χ2n) is 6.39. The third-order valence-corrected chi connectivity index (χ3v) is 4.41. The number of aromatic hydroxyl groups is 1. The fourth-order valence-electron chi connectivity index (χ4n) is 2.96. The largest absolute Gasteiger partial charge is 0.508 e. The molecule has 0 unspecified atom stereocenters. The molecular weight excluding hydrogens is 348 g/mol. The van der Waals surface area contributed by atoms with Crippen molar-refractivity contribution in [1.29, 1.82) is 0 Å². The molecule has 2 aromatic carbocycles. The third kappa shape index (κ3) is 4.98. The number of amides is 2. The predicted molar refractivity (Wildman–Crippen MR) is 98.6 cm³/mol. The Kier molecular flexibility index (Phi) is 5.93. The Balaban J connectivity index is 1.62. The van der Waals surface area contributed by atoms with Crippen LogP contribution in [0.4, 0.5) is 0 Å². The second kappa shape index (κ2) is 8.55. The number of hydrogen-bond donors (Lipinski definition) is 3. The lowest BCUT2D eigenvalue weighted by Gasteiger charge is -2.32. The molecule has 1 aliphatic rings. The molecule has 142 valence electrons. The van der Waals surface area contributed by atoms with Crippen LogP contribution in [0.2, 0.25) is 0 Å². The van der Waals surface area contributed by atoms with Crippen LogP contribution in [0.3, 0.4) is 0 Å². The van der Waals surface area contributed by atoms with Crippen LogP contribution in [0.5, 0.6) is 11.5 Å². The Bertz CT molecular complexity index is 806. The Morgan fingerprint density at radius 1 is 1.19 bits per heavy atom. The fourth-order valence-corrected chi connectivity index (χ4v) is 2.96. The molecule has 4 N–H and O–H groups in total. The summed E-state index contributed by atoms with van der Waals surface area (Å²) in [6.45, 7) is 0.881. The van der Waals surface area contributed by atoms with Gasteiger partial charge in [-0.05, 0) is 30.3 Å². The van der Waals surface area contributed by atoms with Crippen molar-refractivity contribution < 1.29 is 24.2 Å². The summed E-state index contributed by atoms with van der Waals surface area (Å²) >= 11 is 0. The molecular formula is C20H22N2O5. The van der Waals surface area contributed by atoms with E-state index in [-0.39, 0.29) is 30.2 Å². The van der Waals surface area contributed by atoms with E-state index in [1.807, 2.05) is 0 Å². The minimum absolute atomic E-state index is 0.0726. The fraction of sp³-hybridized carbons (Fsp3) is 0.300. The summed E-state index contributed by atoms with van der Waals surface area (Å²) in [6, 6.07) is 13.0. The van der Waals surface area contributed by atoms with Gasteiger partial charge in [-0.3, -0.25) is 9.59 Å². The second-order valence-corrected chi connectivity index (χ2v) is 6.39. The van der Waals surface area contributed by atoms with E-state index in [1.54, 1.807) is 48.5 Å². The summed E-state index contributed by atoms with van der Waals surface area (Å²) in [5.41, 5.74) is 6.20. The lowest BCUT2D eigenvalue weighted by atomic mass is 10.0. The third-order valence-electron chi connectivity index (χ3n) is 4.41. The van der Waals surface area contributed by atoms with Crippen molar-refractivity contribution in [3.05, 3.63) is 59.7 Å². The number of nitrogens with two attached hydrogens (primary N) is 1. The minimum atomic E-state index is -0.498. The van der Waals surface area contributed by atoms with E-state index in [1.165, 1.54) is 0 Å². The monoisotopic (exact) mass is 370 g/mol. The van der Waals surface area contributed by atoms with Gasteiger partial charge in [-0.1, -0.05) is 18.2 Å². The Morgan fingerprint density at radius 2 is 1.93 bits per heavy atom. The van der Waals surface area contributed by atoms with Crippen LogP contribution in [0.25, 0.3) is 0 Å². The van der Waals surface area contributed by atoms with Crippen LogP contribution in [0.15, 0.2) is 48.5 Å². The highest BCUT2D eigenvalue weighted by Crippen LogP contribution is 2.20. The Labute approximate surface area is 157 Å². The predicted octanol–water partition coefficient (Wildman–Crippen LogP) is 1.39. The zero-order chi connectivity index (χ0) is 19.2. The molecule has 3 rings (SSSR count).